The van der Waals surface area contributed by atoms with E-state index < -0.39 is 30.0 Å². The second kappa shape index (κ2) is 10.2. The highest BCUT2D eigenvalue weighted by molar-refractivity contribution is 5.76. The number of β-amino-alcohol motifs (C(OH)–C–C–N with tert-alkyl or cyclic N) is 1. The van der Waals surface area contributed by atoms with Crippen LogP contribution in [0.4, 0.5) is 18.0 Å². The van der Waals surface area contributed by atoms with Gasteiger partial charge in [0.2, 0.25) is 0 Å². The van der Waals surface area contributed by atoms with E-state index in [4.69, 9.17) is 4.74 Å². The minimum atomic E-state index is -1.09. The summed E-state index contributed by atoms with van der Waals surface area (Å²) in [6, 6.07) is 2.37. The van der Waals surface area contributed by atoms with Crippen LogP contribution in [-0.4, -0.2) is 89.1 Å². The third kappa shape index (κ3) is 5.03. The van der Waals surface area contributed by atoms with Crippen molar-refractivity contribution in [3.05, 3.63) is 41.9 Å². The van der Waals surface area contributed by atoms with Crippen molar-refractivity contribution in [2.75, 3.05) is 45.9 Å². The number of benzene rings is 1. The average Bonchev–Trinajstić information content (AvgIpc) is 3.48. The number of likely N-dealkylation sites (tertiary alicyclic amines) is 1. The van der Waals surface area contributed by atoms with Crippen LogP contribution in [0, 0.1) is 23.5 Å². The number of aliphatic hydroxyl groups excluding tert-OH is 1. The van der Waals surface area contributed by atoms with Gasteiger partial charge in [-0.05, 0) is 37.0 Å². The molecule has 35 heavy (non-hydrogen) atoms. The van der Waals surface area contributed by atoms with Gasteiger partial charge in [-0.1, -0.05) is 0 Å². The van der Waals surface area contributed by atoms with Crippen LogP contribution >= 0.6 is 0 Å². The number of amides is 2. The van der Waals surface area contributed by atoms with E-state index in [0.717, 1.165) is 18.2 Å². The molecule has 4 heterocycles. The predicted molar refractivity (Wildman–Crippen MR) is 121 cm³/mol. The zero-order chi connectivity index (χ0) is 24.5. The van der Waals surface area contributed by atoms with Crippen LogP contribution in [-0.2, 0) is 4.74 Å². The van der Waals surface area contributed by atoms with Crippen LogP contribution < -0.4 is 5.32 Å². The molecule has 3 saturated heterocycles. The maximum absolute atomic E-state index is 14.6. The molecule has 190 valence electrons. The van der Waals surface area contributed by atoms with Crippen molar-refractivity contribution in [2.24, 2.45) is 11.8 Å². The van der Waals surface area contributed by atoms with Crippen LogP contribution in [0.2, 0.25) is 0 Å². The van der Waals surface area contributed by atoms with E-state index in [0.29, 0.717) is 44.1 Å². The first kappa shape index (κ1) is 24.1. The molecule has 0 radical (unpaired) electrons. The lowest BCUT2D eigenvalue weighted by molar-refractivity contribution is -0.00876. The van der Waals surface area contributed by atoms with Crippen molar-refractivity contribution in [3.63, 3.8) is 0 Å². The van der Waals surface area contributed by atoms with E-state index in [1.165, 1.54) is 6.20 Å². The summed E-state index contributed by atoms with van der Waals surface area (Å²) in [5, 5.41) is 12.8. The smallest absolute Gasteiger partial charge is 0.320 e. The fourth-order valence-corrected chi connectivity index (χ4v) is 5.22. The minimum Gasteiger partial charge on any atom is -0.389 e. The van der Waals surface area contributed by atoms with Gasteiger partial charge in [0, 0.05) is 44.3 Å². The fourth-order valence-electron chi connectivity index (χ4n) is 5.22. The number of H-pyrrole nitrogens is 1. The number of urea groups is 1. The lowest BCUT2D eigenvalue weighted by Crippen LogP contribution is -2.59. The number of halogens is 3. The third-order valence-electron chi connectivity index (χ3n) is 7.21. The molecule has 5 rings (SSSR count). The van der Waals surface area contributed by atoms with Gasteiger partial charge in [-0.15, -0.1) is 0 Å². The van der Waals surface area contributed by atoms with Crippen molar-refractivity contribution in [1.29, 1.82) is 0 Å². The summed E-state index contributed by atoms with van der Waals surface area (Å²) in [7, 11) is 0. The van der Waals surface area contributed by atoms with Gasteiger partial charge in [0.05, 0.1) is 37.1 Å². The number of imidazole rings is 1. The molecule has 1 aromatic carbocycles. The number of alkyl halides is 1. The maximum Gasteiger partial charge on any atom is 0.320 e. The largest absolute Gasteiger partial charge is 0.389 e. The zero-order valence-electron chi connectivity index (χ0n) is 19.3. The van der Waals surface area contributed by atoms with Crippen LogP contribution in [0.25, 0.3) is 11.3 Å². The summed E-state index contributed by atoms with van der Waals surface area (Å²) < 4.78 is 48.4. The average molecular weight is 494 g/mol. The Morgan fingerprint density at radius 2 is 2.03 bits per heavy atom. The van der Waals surface area contributed by atoms with Gasteiger partial charge in [-0.3, -0.25) is 0 Å². The number of aliphatic hydroxyl groups is 1. The molecule has 3 unspecified atom stereocenters. The Labute approximate surface area is 201 Å². The molecule has 11 heteroatoms. The summed E-state index contributed by atoms with van der Waals surface area (Å²) in [5.41, 5.74) is 0.341. The molecule has 0 aliphatic carbocycles. The molecule has 0 saturated carbocycles. The van der Waals surface area contributed by atoms with E-state index in [-0.39, 0.29) is 49.6 Å². The normalized spacial score (nSPS) is 24.4. The number of rotatable bonds is 6. The zero-order valence-corrected chi connectivity index (χ0v) is 19.3. The summed E-state index contributed by atoms with van der Waals surface area (Å²) in [6.07, 6.45) is 1.11. The monoisotopic (exact) mass is 493 g/mol. The molecule has 3 atom stereocenters. The molecule has 3 N–H and O–H groups in total. The van der Waals surface area contributed by atoms with Gasteiger partial charge in [-0.25, -0.2) is 22.9 Å². The Hall–Kier alpha value is -2.63. The molecule has 2 amide bonds. The number of carbonyl (C=O) groups is 1. The van der Waals surface area contributed by atoms with E-state index in [1.54, 1.807) is 9.80 Å². The predicted octanol–water partition coefficient (Wildman–Crippen LogP) is 2.48. The van der Waals surface area contributed by atoms with Gasteiger partial charge in [0.15, 0.2) is 0 Å². The Balaban J connectivity index is 1.51. The first-order valence-electron chi connectivity index (χ1n) is 12.1. The van der Waals surface area contributed by atoms with Gasteiger partial charge in [0.1, 0.15) is 23.6 Å². The minimum absolute atomic E-state index is 0.0253. The summed E-state index contributed by atoms with van der Waals surface area (Å²) >= 11 is 0. The second-order valence-corrected chi connectivity index (χ2v) is 9.63. The maximum atomic E-state index is 14.6. The molecule has 3 aliphatic rings. The summed E-state index contributed by atoms with van der Waals surface area (Å²) in [5.74, 6) is -1.14. The van der Waals surface area contributed by atoms with Gasteiger partial charge >= 0.3 is 6.03 Å². The fraction of sp³-hybridized carbons (Fsp3) is 0.583. The van der Waals surface area contributed by atoms with E-state index >= 15 is 0 Å². The standard InChI is InChI=1S/C24H30F3N5O3/c25-16-1-2-19(26)18(7-16)21-10-29-23(30-21)22(14-3-5-35-6-4-14)32(11-15-8-28-9-20(15)27)24(34)31-12-17(33)13-31/h1-2,7,10,14-15,17,20,22,28,33H,3-6,8-9,11-13H2,(H,29,30). The number of aromatic amines is 1. The molecular formula is C24H30F3N5O3. The van der Waals surface area contributed by atoms with Crippen LogP contribution in [0.1, 0.15) is 24.7 Å². The number of carbonyl (C=O) groups excluding carboxylic acids is 1. The van der Waals surface area contributed by atoms with Crippen molar-refractivity contribution >= 4 is 6.03 Å². The summed E-state index contributed by atoms with van der Waals surface area (Å²) in [4.78, 5) is 24.4. The number of ether oxygens (including phenoxy) is 1. The van der Waals surface area contributed by atoms with E-state index in [9.17, 15) is 23.1 Å². The second-order valence-electron chi connectivity index (χ2n) is 9.63. The highest BCUT2D eigenvalue weighted by Crippen LogP contribution is 2.37. The SMILES string of the molecule is O=C(N1CC(O)C1)N(CC1CNCC1F)C(c1ncc(-c2cc(F)ccc2F)[nH]1)C1CCOCC1. The van der Waals surface area contributed by atoms with Crippen LogP contribution in [0.5, 0.6) is 0 Å². The van der Waals surface area contributed by atoms with Gasteiger partial charge in [0.25, 0.3) is 0 Å². The van der Waals surface area contributed by atoms with E-state index in [1.807, 2.05) is 0 Å². The number of nitrogens with one attached hydrogen (secondary N) is 2. The molecule has 1 aromatic heterocycles. The molecule has 0 bridgehead atoms. The number of aromatic nitrogens is 2. The van der Waals surface area contributed by atoms with Crippen LogP contribution in [0.15, 0.2) is 24.4 Å². The Bertz CT molecular complexity index is 1040. The van der Waals surface area contributed by atoms with Crippen molar-refractivity contribution in [1.82, 2.24) is 25.1 Å². The lowest BCUT2D eigenvalue weighted by atomic mass is 9.89. The summed E-state index contributed by atoms with van der Waals surface area (Å²) in [6.45, 7) is 2.34. The molecule has 0 spiro atoms. The number of hydrogen-bond donors (Lipinski definition) is 3. The molecule has 2 aromatic rings. The number of nitrogens with zero attached hydrogens (tertiary/aromatic N) is 3. The third-order valence-corrected chi connectivity index (χ3v) is 7.21. The quantitative estimate of drug-likeness (QED) is 0.575. The highest BCUT2D eigenvalue weighted by Gasteiger charge is 2.42. The Morgan fingerprint density at radius 3 is 2.71 bits per heavy atom. The van der Waals surface area contributed by atoms with Crippen molar-refractivity contribution in [2.45, 2.75) is 31.2 Å². The van der Waals surface area contributed by atoms with Gasteiger partial charge < -0.3 is 29.9 Å². The van der Waals surface area contributed by atoms with Crippen molar-refractivity contribution < 1.29 is 27.8 Å². The molecule has 3 fully saturated rings. The molecule has 3 aliphatic heterocycles. The first-order valence-corrected chi connectivity index (χ1v) is 12.1. The van der Waals surface area contributed by atoms with Crippen LogP contribution in [0.3, 0.4) is 0 Å². The van der Waals surface area contributed by atoms with Gasteiger partial charge in [-0.2, -0.15) is 0 Å². The first-order chi connectivity index (χ1) is 16.9. The molecule has 8 nitrogen and oxygen atoms in total. The molecular weight excluding hydrogens is 463 g/mol. The number of hydrogen-bond acceptors (Lipinski definition) is 5. The van der Waals surface area contributed by atoms with E-state index in [2.05, 4.69) is 15.3 Å². The Kier molecular flexibility index (Phi) is 6.99. The van der Waals surface area contributed by atoms with Crippen molar-refractivity contribution in [3.8, 4) is 11.3 Å². The topological polar surface area (TPSA) is 93.7 Å². The highest BCUT2D eigenvalue weighted by atomic mass is 19.1. The Morgan fingerprint density at radius 1 is 1.26 bits per heavy atom. The lowest BCUT2D eigenvalue weighted by Gasteiger charge is -2.44.